The number of benzene rings is 3. The zero-order valence-electron chi connectivity index (χ0n) is 18.8. The first-order chi connectivity index (χ1) is 16.0. The van der Waals surface area contributed by atoms with E-state index in [2.05, 4.69) is 15.3 Å². The van der Waals surface area contributed by atoms with E-state index in [9.17, 15) is 4.79 Å². The average Bonchev–Trinajstić information content (AvgIpc) is 2.85. The third-order valence-electron chi connectivity index (χ3n) is 5.28. The van der Waals surface area contributed by atoms with Gasteiger partial charge in [0.2, 0.25) is 0 Å². The predicted molar refractivity (Wildman–Crippen MR) is 128 cm³/mol. The van der Waals surface area contributed by atoms with Crippen molar-refractivity contribution >= 4 is 5.91 Å². The number of rotatable bonds is 7. The van der Waals surface area contributed by atoms with Gasteiger partial charge in [-0.05, 0) is 49.2 Å². The number of aromatic nitrogens is 2. The molecule has 1 aromatic heterocycles. The molecule has 4 aromatic rings. The molecule has 1 amide bonds. The van der Waals surface area contributed by atoms with Gasteiger partial charge in [-0.1, -0.05) is 48.0 Å². The van der Waals surface area contributed by atoms with Gasteiger partial charge in [0, 0.05) is 29.6 Å². The highest BCUT2D eigenvalue weighted by Crippen LogP contribution is 2.24. The number of amides is 1. The predicted octanol–water partition coefficient (Wildman–Crippen LogP) is 5.74. The van der Waals surface area contributed by atoms with E-state index in [-0.39, 0.29) is 18.0 Å². The van der Waals surface area contributed by atoms with Gasteiger partial charge in [0.1, 0.15) is 11.5 Å². The van der Waals surface area contributed by atoms with Crippen molar-refractivity contribution < 1.29 is 14.3 Å². The van der Waals surface area contributed by atoms with Gasteiger partial charge in [-0.3, -0.25) is 4.79 Å². The lowest BCUT2D eigenvalue weighted by Gasteiger charge is -2.15. The van der Waals surface area contributed by atoms with E-state index < -0.39 is 0 Å². The van der Waals surface area contributed by atoms with Crippen LogP contribution in [-0.2, 0) is 0 Å². The Morgan fingerprint density at radius 3 is 2.21 bits per heavy atom. The Hall–Kier alpha value is -4.19. The van der Waals surface area contributed by atoms with Crippen molar-refractivity contribution in [3.8, 4) is 28.6 Å². The van der Waals surface area contributed by atoms with Gasteiger partial charge in [-0.15, -0.1) is 0 Å². The van der Waals surface area contributed by atoms with Crippen LogP contribution in [0.5, 0.6) is 17.5 Å². The summed E-state index contributed by atoms with van der Waals surface area (Å²) in [5.74, 6) is 1.17. The number of carbonyl (C=O) groups excluding carboxylic acids is 1. The van der Waals surface area contributed by atoms with Crippen molar-refractivity contribution in [2.45, 2.75) is 19.9 Å². The van der Waals surface area contributed by atoms with Gasteiger partial charge in [-0.2, -0.15) is 0 Å². The molecule has 1 heterocycles. The normalized spacial score (nSPS) is 11.5. The van der Waals surface area contributed by atoms with Crippen LogP contribution in [0.25, 0.3) is 11.1 Å². The summed E-state index contributed by atoms with van der Waals surface area (Å²) in [4.78, 5) is 21.2. The van der Waals surface area contributed by atoms with Crippen LogP contribution in [0.2, 0.25) is 0 Å². The Balaban J connectivity index is 1.40. The summed E-state index contributed by atoms with van der Waals surface area (Å²) in [6.45, 7) is 4.02. The van der Waals surface area contributed by atoms with E-state index in [0.29, 0.717) is 17.1 Å². The van der Waals surface area contributed by atoms with Crippen LogP contribution in [0.15, 0.2) is 85.2 Å². The van der Waals surface area contributed by atoms with E-state index in [1.807, 2.05) is 68.4 Å². The Morgan fingerprint density at radius 1 is 0.879 bits per heavy atom. The van der Waals surface area contributed by atoms with Gasteiger partial charge in [0.15, 0.2) is 0 Å². The zero-order valence-corrected chi connectivity index (χ0v) is 18.8. The molecule has 0 radical (unpaired) electrons. The van der Waals surface area contributed by atoms with Crippen molar-refractivity contribution in [2.75, 3.05) is 7.11 Å². The summed E-state index contributed by atoms with van der Waals surface area (Å²) in [7, 11) is 1.60. The lowest BCUT2D eigenvalue weighted by molar-refractivity contribution is 0.0940. The Kier molecular flexibility index (Phi) is 6.64. The molecule has 4 rings (SSSR count). The second-order valence-electron chi connectivity index (χ2n) is 7.72. The zero-order chi connectivity index (χ0) is 23.2. The fraction of sp³-hybridized carbons (Fsp3) is 0.148. The molecule has 1 atom stereocenters. The van der Waals surface area contributed by atoms with Gasteiger partial charge >= 0.3 is 6.01 Å². The Bertz CT molecular complexity index is 1220. The molecule has 33 heavy (non-hydrogen) atoms. The van der Waals surface area contributed by atoms with E-state index in [0.717, 1.165) is 16.7 Å². The van der Waals surface area contributed by atoms with Gasteiger partial charge in [-0.25, -0.2) is 9.97 Å². The number of nitrogens with one attached hydrogen (secondary N) is 1. The fourth-order valence-corrected chi connectivity index (χ4v) is 3.32. The van der Waals surface area contributed by atoms with Crippen LogP contribution in [0.3, 0.4) is 0 Å². The van der Waals surface area contributed by atoms with Crippen molar-refractivity contribution in [1.29, 1.82) is 0 Å². The monoisotopic (exact) mass is 439 g/mol. The molecule has 0 aliphatic heterocycles. The highest BCUT2D eigenvalue weighted by atomic mass is 16.5. The maximum atomic E-state index is 12.6. The minimum atomic E-state index is -0.118. The highest BCUT2D eigenvalue weighted by molar-refractivity contribution is 5.94. The first-order valence-electron chi connectivity index (χ1n) is 10.6. The van der Waals surface area contributed by atoms with Crippen molar-refractivity contribution in [3.63, 3.8) is 0 Å². The third-order valence-corrected chi connectivity index (χ3v) is 5.28. The number of nitrogens with zero attached hydrogens (tertiary/aromatic N) is 2. The van der Waals surface area contributed by atoms with Crippen LogP contribution in [0, 0.1) is 6.92 Å². The molecular formula is C27H25N3O3. The van der Waals surface area contributed by atoms with Crippen molar-refractivity contribution in [1.82, 2.24) is 15.3 Å². The summed E-state index contributed by atoms with van der Waals surface area (Å²) in [5.41, 5.74) is 4.59. The average molecular weight is 440 g/mol. The molecule has 3 aromatic carbocycles. The number of methoxy groups -OCH3 is 1. The first-order valence-corrected chi connectivity index (χ1v) is 10.6. The molecule has 6 heteroatoms. The summed E-state index contributed by atoms with van der Waals surface area (Å²) in [6, 6.07) is 22.9. The maximum Gasteiger partial charge on any atom is 0.321 e. The summed E-state index contributed by atoms with van der Waals surface area (Å²) >= 11 is 0. The second kappa shape index (κ2) is 9.96. The number of carbonyl (C=O) groups is 1. The first kappa shape index (κ1) is 22.0. The number of aryl methyl sites for hydroxylation is 1. The molecule has 166 valence electrons. The van der Waals surface area contributed by atoms with Crippen molar-refractivity contribution in [2.24, 2.45) is 0 Å². The number of ether oxygens (including phenoxy) is 2. The summed E-state index contributed by atoms with van der Waals surface area (Å²) in [6.07, 6.45) is 3.38. The molecule has 0 spiro atoms. The van der Waals surface area contributed by atoms with E-state index >= 15 is 0 Å². The molecule has 0 aliphatic carbocycles. The molecule has 0 fully saturated rings. The van der Waals surface area contributed by atoms with Crippen LogP contribution >= 0.6 is 0 Å². The maximum absolute atomic E-state index is 12.6. The highest BCUT2D eigenvalue weighted by Gasteiger charge is 2.12. The minimum absolute atomic E-state index is 0.0803. The Morgan fingerprint density at radius 2 is 1.55 bits per heavy atom. The SMILES string of the molecule is COc1cccc(Oc2ncc(-c3ccc(C(=O)N[C@@H](C)c4ccc(C)cc4)cc3)cn2)c1. The molecule has 0 saturated carbocycles. The van der Waals surface area contributed by atoms with Crippen LogP contribution in [-0.4, -0.2) is 23.0 Å². The fourth-order valence-electron chi connectivity index (χ4n) is 3.32. The largest absolute Gasteiger partial charge is 0.497 e. The van der Waals surface area contributed by atoms with Gasteiger partial charge in [0.25, 0.3) is 5.91 Å². The molecule has 0 bridgehead atoms. The van der Waals surface area contributed by atoms with Gasteiger partial charge < -0.3 is 14.8 Å². The molecule has 0 unspecified atom stereocenters. The Labute approximate surface area is 193 Å². The molecule has 6 nitrogen and oxygen atoms in total. The standard InChI is InChI=1S/C27H25N3O3/c1-18-7-9-20(10-8-18)19(2)30-26(31)22-13-11-21(12-14-22)23-16-28-27(29-17-23)33-25-6-4-5-24(15-25)32-3/h4-17,19H,1-3H3,(H,30,31)/t19-/m0/s1. The number of hydrogen-bond donors (Lipinski definition) is 1. The van der Waals surface area contributed by atoms with E-state index in [1.165, 1.54) is 5.56 Å². The smallest absolute Gasteiger partial charge is 0.321 e. The van der Waals surface area contributed by atoms with E-state index in [4.69, 9.17) is 9.47 Å². The topological polar surface area (TPSA) is 73.3 Å². The molecule has 0 saturated heterocycles. The van der Waals surface area contributed by atoms with Crippen LogP contribution in [0.4, 0.5) is 0 Å². The minimum Gasteiger partial charge on any atom is -0.497 e. The summed E-state index contributed by atoms with van der Waals surface area (Å²) in [5, 5.41) is 3.04. The lowest BCUT2D eigenvalue weighted by atomic mass is 10.0. The molecular weight excluding hydrogens is 414 g/mol. The van der Waals surface area contributed by atoms with E-state index in [1.54, 1.807) is 37.7 Å². The lowest BCUT2D eigenvalue weighted by Crippen LogP contribution is -2.26. The van der Waals surface area contributed by atoms with Crippen molar-refractivity contribution in [3.05, 3.63) is 102 Å². The van der Waals surface area contributed by atoms with Gasteiger partial charge in [0.05, 0.1) is 13.2 Å². The molecule has 0 aliphatic rings. The quantitative estimate of drug-likeness (QED) is 0.397. The van der Waals surface area contributed by atoms with Crippen LogP contribution in [0.1, 0.15) is 34.5 Å². The third kappa shape index (κ3) is 5.54. The molecule has 1 N–H and O–H groups in total. The second-order valence-corrected chi connectivity index (χ2v) is 7.72. The van der Waals surface area contributed by atoms with Crippen LogP contribution < -0.4 is 14.8 Å². The number of hydrogen-bond acceptors (Lipinski definition) is 5. The summed E-state index contributed by atoms with van der Waals surface area (Å²) < 4.78 is 10.9.